The van der Waals surface area contributed by atoms with Crippen molar-refractivity contribution in [1.29, 1.82) is 0 Å². The molecule has 0 aliphatic carbocycles. The van der Waals surface area contributed by atoms with E-state index in [-0.39, 0.29) is 5.78 Å². The monoisotopic (exact) mass is 207 g/mol. The summed E-state index contributed by atoms with van der Waals surface area (Å²) in [5.41, 5.74) is 7.03. The van der Waals surface area contributed by atoms with E-state index in [1.165, 1.54) is 0 Å². The minimum atomic E-state index is -1.30. The maximum absolute atomic E-state index is 11.8. The van der Waals surface area contributed by atoms with Crippen LogP contribution in [0.25, 0.3) is 0 Å². The van der Waals surface area contributed by atoms with E-state index in [1.54, 1.807) is 24.3 Å². The van der Waals surface area contributed by atoms with Gasteiger partial charge in [0.05, 0.1) is 8.07 Å². The zero-order chi connectivity index (χ0) is 10.8. The molecule has 0 saturated carbocycles. The number of benzene rings is 1. The Morgan fingerprint density at radius 1 is 1.21 bits per heavy atom. The minimum Gasteiger partial charge on any atom is -0.399 e. The molecule has 0 aliphatic heterocycles. The number of nitrogen functional groups attached to an aromatic ring is 1. The van der Waals surface area contributed by atoms with Crippen LogP contribution in [0.5, 0.6) is 0 Å². The van der Waals surface area contributed by atoms with Crippen molar-refractivity contribution in [3.63, 3.8) is 0 Å². The Morgan fingerprint density at radius 2 is 1.71 bits per heavy atom. The first-order valence-electron chi connectivity index (χ1n) is 4.77. The number of hydrogen-bond donors (Lipinski definition) is 1. The summed E-state index contributed by atoms with van der Waals surface area (Å²) in [5, 5.41) is 0. The van der Waals surface area contributed by atoms with Crippen LogP contribution < -0.4 is 5.73 Å². The smallest absolute Gasteiger partial charge is 0.160 e. The van der Waals surface area contributed by atoms with E-state index in [1.807, 2.05) is 0 Å². The molecule has 0 heterocycles. The fraction of sp³-hybridized carbons (Fsp3) is 0.364. The van der Waals surface area contributed by atoms with Gasteiger partial charge in [-0.05, 0) is 24.3 Å². The molecule has 0 unspecified atom stereocenters. The maximum Gasteiger partial charge on any atom is 0.160 e. The molecule has 0 amide bonds. The van der Waals surface area contributed by atoms with Gasteiger partial charge < -0.3 is 5.73 Å². The van der Waals surface area contributed by atoms with Gasteiger partial charge in [-0.1, -0.05) is 19.6 Å². The van der Waals surface area contributed by atoms with Gasteiger partial charge >= 0.3 is 0 Å². The number of anilines is 1. The highest BCUT2D eigenvalue weighted by Gasteiger charge is 2.18. The third-order valence-corrected chi connectivity index (χ3v) is 3.31. The summed E-state index contributed by atoms with van der Waals surface area (Å²) in [7, 11) is -1.30. The maximum atomic E-state index is 11.8. The minimum absolute atomic E-state index is 0.240. The van der Waals surface area contributed by atoms with Crippen LogP contribution in [0.15, 0.2) is 24.3 Å². The Morgan fingerprint density at radius 3 is 2.14 bits per heavy atom. The zero-order valence-electron chi connectivity index (χ0n) is 9.00. The van der Waals surface area contributed by atoms with Crippen LogP contribution in [-0.4, -0.2) is 13.9 Å². The molecule has 0 aliphatic rings. The normalized spacial score (nSPS) is 11.4. The third kappa shape index (κ3) is 3.34. The summed E-state index contributed by atoms with van der Waals surface area (Å²) in [6, 6.07) is 7.86. The Kier molecular flexibility index (Phi) is 3.11. The van der Waals surface area contributed by atoms with Gasteiger partial charge in [0.2, 0.25) is 0 Å². The summed E-state index contributed by atoms with van der Waals surface area (Å²) in [6.07, 6.45) is 0. The fourth-order valence-electron chi connectivity index (χ4n) is 1.25. The molecule has 0 bridgehead atoms. The van der Waals surface area contributed by atoms with Crippen molar-refractivity contribution in [2.45, 2.75) is 25.7 Å². The fourth-order valence-corrected chi connectivity index (χ4v) is 2.42. The number of rotatable bonds is 3. The predicted molar refractivity (Wildman–Crippen MR) is 63.3 cm³/mol. The van der Waals surface area contributed by atoms with Gasteiger partial charge in [-0.2, -0.15) is 0 Å². The van der Waals surface area contributed by atoms with Crippen molar-refractivity contribution in [3.8, 4) is 0 Å². The van der Waals surface area contributed by atoms with E-state index in [2.05, 4.69) is 19.6 Å². The van der Waals surface area contributed by atoms with Crippen molar-refractivity contribution in [1.82, 2.24) is 0 Å². The van der Waals surface area contributed by atoms with Crippen LogP contribution in [0.4, 0.5) is 5.69 Å². The molecule has 0 radical (unpaired) electrons. The molecular weight excluding hydrogens is 190 g/mol. The van der Waals surface area contributed by atoms with E-state index < -0.39 is 8.07 Å². The number of ketones is 1. The van der Waals surface area contributed by atoms with E-state index in [0.29, 0.717) is 11.7 Å². The molecule has 1 rings (SSSR count). The molecule has 1 aromatic carbocycles. The lowest BCUT2D eigenvalue weighted by Crippen LogP contribution is -2.23. The van der Waals surface area contributed by atoms with Crippen LogP contribution in [0.3, 0.4) is 0 Å². The van der Waals surface area contributed by atoms with Gasteiger partial charge in [0, 0.05) is 17.3 Å². The summed E-state index contributed by atoms with van der Waals surface area (Å²) in [4.78, 5) is 11.8. The van der Waals surface area contributed by atoms with Crippen molar-refractivity contribution >= 4 is 19.5 Å². The van der Waals surface area contributed by atoms with Gasteiger partial charge in [0.25, 0.3) is 0 Å². The third-order valence-electron chi connectivity index (χ3n) is 1.92. The second kappa shape index (κ2) is 3.96. The van der Waals surface area contributed by atoms with Gasteiger partial charge in [0.1, 0.15) is 0 Å². The van der Waals surface area contributed by atoms with Gasteiger partial charge in [-0.25, -0.2) is 0 Å². The largest absolute Gasteiger partial charge is 0.399 e. The predicted octanol–water partition coefficient (Wildman–Crippen LogP) is 2.79. The van der Waals surface area contributed by atoms with E-state index in [0.717, 1.165) is 5.56 Å². The van der Waals surface area contributed by atoms with Gasteiger partial charge in [0.15, 0.2) is 5.78 Å². The highest BCUT2D eigenvalue weighted by Crippen LogP contribution is 2.14. The average Bonchev–Trinajstić information content (AvgIpc) is 2.02. The summed E-state index contributed by atoms with van der Waals surface area (Å²) < 4.78 is 0. The van der Waals surface area contributed by atoms with E-state index in [9.17, 15) is 4.79 Å². The van der Waals surface area contributed by atoms with Crippen LogP contribution in [-0.2, 0) is 0 Å². The highest BCUT2D eigenvalue weighted by atomic mass is 28.3. The zero-order valence-corrected chi connectivity index (χ0v) is 10.0. The van der Waals surface area contributed by atoms with Crippen molar-refractivity contribution < 1.29 is 4.79 Å². The molecule has 0 spiro atoms. The number of Topliss-reactive ketones (excluding diaryl/α,β-unsaturated/α-hetero) is 1. The average molecular weight is 207 g/mol. The summed E-state index contributed by atoms with van der Waals surface area (Å²) >= 11 is 0. The van der Waals surface area contributed by atoms with Gasteiger partial charge in [-0.3, -0.25) is 4.79 Å². The molecule has 0 atom stereocenters. The van der Waals surface area contributed by atoms with Crippen LogP contribution in [0, 0.1) is 0 Å². The quantitative estimate of drug-likeness (QED) is 0.470. The Labute approximate surface area is 86.1 Å². The standard InChI is InChI=1S/C11H17NOSi/c1-14(2,3)8-11(13)9-4-6-10(12)7-5-9/h4-7H,8,12H2,1-3H3. The topological polar surface area (TPSA) is 43.1 Å². The first-order valence-corrected chi connectivity index (χ1v) is 8.48. The van der Waals surface area contributed by atoms with E-state index >= 15 is 0 Å². The molecule has 0 fully saturated rings. The van der Waals surface area contributed by atoms with Crippen molar-refractivity contribution in [2.24, 2.45) is 0 Å². The lowest BCUT2D eigenvalue weighted by molar-refractivity contribution is 0.101. The first kappa shape index (κ1) is 11.0. The molecule has 2 N–H and O–H groups in total. The van der Waals surface area contributed by atoms with Crippen molar-refractivity contribution in [3.05, 3.63) is 29.8 Å². The van der Waals surface area contributed by atoms with Crippen LogP contribution in [0.2, 0.25) is 25.7 Å². The van der Waals surface area contributed by atoms with Crippen molar-refractivity contribution in [2.75, 3.05) is 5.73 Å². The second-order valence-electron chi connectivity index (χ2n) is 4.78. The number of carbonyl (C=O) groups is 1. The Balaban J connectivity index is 2.76. The van der Waals surface area contributed by atoms with Crippen LogP contribution >= 0.6 is 0 Å². The summed E-state index contributed by atoms with van der Waals surface area (Å²) in [6.45, 7) is 6.59. The second-order valence-corrected chi connectivity index (χ2v) is 10.3. The summed E-state index contributed by atoms with van der Waals surface area (Å²) in [5.74, 6) is 0.240. The molecule has 0 aromatic heterocycles. The number of carbonyl (C=O) groups excluding carboxylic acids is 1. The molecule has 14 heavy (non-hydrogen) atoms. The molecular formula is C11H17NOSi. The highest BCUT2D eigenvalue weighted by molar-refractivity contribution is 6.79. The number of hydrogen-bond acceptors (Lipinski definition) is 2. The Hall–Kier alpha value is -1.09. The lowest BCUT2D eigenvalue weighted by atomic mass is 10.1. The Bertz CT molecular complexity index is 324. The molecule has 76 valence electrons. The molecule has 1 aromatic rings. The molecule has 0 saturated heterocycles. The number of nitrogens with two attached hydrogens (primary N) is 1. The molecule has 2 nitrogen and oxygen atoms in total. The van der Waals surface area contributed by atoms with Gasteiger partial charge in [-0.15, -0.1) is 0 Å². The molecule has 3 heteroatoms. The van der Waals surface area contributed by atoms with Crippen LogP contribution in [0.1, 0.15) is 10.4 Å². The SMILES string of the molecule is C[Si](C)(C)CC(=O)c1ccc(N)cc1. The van der Waals surface area contributed by atoms with E-state index in [4.69, 9.17) is 5.73 Å². The lowest BCUT2D eigenvalue weighted by Gasteiger charge is -2.14. The first-order chi connectivity index (χ1) is 6.38.